The zero-order chi connectivity index (χ0) is 20.3. The summed E-state index contributed by atoms with van der Waals surface area (Å²) in [4.78, 5) is 27.7. The Bertz CT molecular complexity index is 893. The van der Waals surface area contributed by atoms with Gasteiger partial charge in [0.1, 0.15) is 5.69 Å². The average molecular weight is 392 g/mol. The summed E-state index contributed by atoms with van der Waals surface area (Å²) in [5, 5.41) is 2.82. The molecule has 0 saturated carbocycles. The smallest absolute Gasteiger partial charge is 0.387 e. The molecule has 0 spiro atoms. The molecule has 6 nitrogen and oxygen atoms in total. The molecule has 2 N–H and O–H groups in total. The van der Waals surface area contributed by atoms with Gasteiger partial charge in [-0.05, 0) is 49.4 Å². The number of aromatic amines is 1. The van der Waals surface area contributed by atoms with Crippen molar-refractivity contribution in [1.82, 2.24) is 10.3 Å². The summed E-state index contributed by atoms with van der Waals surface area (Å²) in [5.41, 5.74) is 3.39. The maximum absolute atomic E-state index is 12.5. The minimum Gasteiger partial charge on any atom is -0.493 e. The van der Waals surface area contributed by atoms with Gasteiger partial charge in [-0.3, -0.25) is 9.59 Å². The van der Waals surface area contributed by atoms with Gasteiger partial charge in [-0.25, -0.2) is 0 Å². The van der Waals surface area contributed by atoms with Crippen LogP contribution >= 0.6 is 0 Å². The van der Waals surface area contributed by atoms with Crippen LogP contribution in [-0.4, -0.2) is 36.9 Å². The van der Waals surface area contributed by atoms with Crippen LogP contribution < -0.4 is 14.8 Å². The maximum Gasteiger partial charge on any atom is 0.387 e. The molecular weight excluding hydrogens is 370 g/mol. The Hall–Kier alpha value is -2.90. The number of H-pyrrole nitrogens is 1. The lowest BCUT2D eigenvalue weighted by Gasteiger charge is -2.11. The number of halogens is 2. The van der Waals surface area contributed by atoms with E-state index in [9.17, 15) is 18.4 Å². The summed E-state index contributed by atoms with van der Waals surface area (Å²) >= 11 is 0. The first-order chi connectivity index (χ1) is 13.4. The van der Waals surface area contributed by atoms with Crippen LogP contribution in [0.4, 0.5) is 8.78 Å². The molecule has 1 aromatic heterocycles. The van der Waals surface area contributed by atoms with Crippen molar-refractivity contribution in [3.05, 3.63) is 46.3 Å². The lowest BCUT2D eigenvalue weighted by atomic mass is 9.94. The van der Waals surface area contributed by atoms with E-state index in [-0.39, 0.29) is 23.2 Å². The molecular formula is C20H22F2N2O4. The first-order valence-electron chi connectivity index (χ1n) is 9.05. The van der Waals surface area contributed by atoms with E-state index in [1.807, 2.05) is 0 Å². The Kier molecular flexibility index (Phi) is 5.96. The number of hydrogen-bond donors (Lipinski definition) is 2. The van der Waals surface area contributed by atoms with Gasteiger partial charge in [-0.2, -0.15) is 8.78 Å². The van der Waals surface area contributed by atoms with Crippen LogP contribution in [0.1, 0.15) is 50.5 Å². The number of nitrogens with one attached hydrogen (secondary N) is 2. The van der Waals surface area contributed by atoms with Crippen LogP contribution in [0.15, 0.2) is 18.2 Å². The van der Waals surface area contributed by atoms with E-state index in [0.717, 1.165) is 24.1 Å². The topological polar surface area (TPSA) is 80.4 Å². The first kappa shape index (κ1) is 19.9. The molecule has 0 radical (unpaired) electrons. The monoisotopic (exact) mass is 392 g/mol. The molecule has 150 valence electrons. The summed E-state index contributed by atoms with van der Waals surface area (Å²) < 4.78 is 34.2. The summed E-state index contributed by atoms with van der Waals surface area (Å²) in [6, 6.07) is 4.65. The van der Waals surface area contributed by atoms with Crippen LogP contribution in [-0.2, 0) is 12.8 Å². The number of benzene rings is 1. The summed E-state index contributed by atoms with van der Waals surface area (Å²) in [6.07, 6.45) is 2.55. The van der Waals surface area contributed by atoms with Gasteiger partial charge in [0.05, 0.1) is 7.11 Å². The standard InChI is InChI=1S/C20H22F2N2O4/c1-11-17-13(4-3-5-14(17)25)24-18(11)19(26)23-9-8-12-6-7-15(28-20(21)22)16(10-12)27-2/h6-7,10,20,24H,3-5,8-9H2,1-2H3,(H,23,26). The highest BCUT2D eigenvalue weighted by atomic mass is 19.3. The zero-order valence-electron chi connectivity index (χ0n) is 15.7. The van der Waals surface area contributed by atoms with Crippen molar-refractivity contribution < 1.29 is 27.8 Å². The molecule has 1 aliphatic carbocycles. The zero-order valence-corrected chi connectivity index (χ0v) is 15.7. The van der Waals surface area contributed by atoms with Crippen molar-refractivity contribution >= 4 is 11.7 Å². The molecule has 1 aromatic carbocycles. The maximum atomic E-state index is 12.5. The molecule has 3 rings (SSSR count). The molecule has 8 heteroatoms. The Morgan fingerprint density at radius 2 is 2.07 bits per heavy atom. The number of methoxy groups -OCH3 is 1. The van der Waals surface area contributed by atoms with E-state index in [1.165, 1.54) is 13.2 Å². The Morgan fingerprint density at radius 1 is 1.29 bits per heavy atom. The number of ether oxygens (including phenoxy) is 2. The fourth-order valence-corrected chi connectivity index (χ4v) is 3.47. The lowest BCUT2D eigenvalue weighted by Crippen LogP contribution is -2.26. The van der Waals surface area contributed by atoms with Gasteiger partial charge in [0, 0.05) is 24.2 Å². The Labute approximate surface area is 161 Å². The van der Waals surface area contributed by atoms with E-state index < -0.39 is 6.61 Å². The van der Waals surface area contributed by atoms with E-state index >= 15 is 0 Å². The van der Waals surface area contributed by atoms with Crippen LogP contribution in [0.25, 0.3) is 0 Å². The number of rotatable bonds is 7. The van der Waals surface area contributed by atoms with Crippen molar-refractivity contribution in [3.8, 4) is 11.5 Å². The number of fused-ring (bicyclic) bond motifs is 1. The summed E-state index contributed by atoms with van der Waals surface area (Å²) in [6.45, 7) is -0.811. The number of aromatic nitrogens is 1. The molecule has 0 atom stereocenters. The van der Waals surface area contributed by atoms with Crippen molar-refractivity contribution in [2.75, 3.05) is 13.7 Å². The second-order valence-electron chi connectivity index (χ2n) is 6.62. The molecule has 1 aliphatic rings. The molecule has 1 amide bonds. The van der Waals surface area contributed by atoms with Gasteiger partial charge in [0.15, 0.2) is 17.3 Å². The number of alkyl halides is 2. The van der Waals surface area contributed by atoms with Crippen LogP contribution in [0.5, 0.6) is 11.5 Å². The molecule has 0 unspecified atom stereocenters. The van der Waals surface area contributed by atoms with E-state index in [0.29, 0.717) is 36.2 Å². The molecule has 0 bridgehead atoms. The van der Waals surface area contributed by atoms with Gasteiger partial charge in [0.25, 0.3) is 5.91 Å². The van der Waals surface area contributed by atoms with Gasteiger partial charge < -0.3 is 19.8 Å². The summed E-state index contributed by atoms with van der Waals surface area (Å²) in [7, 11) is 1.37. The number of amides is 1. The largest absolute Gasteiger partial charge is 0.493 e. The minimum atomic E-state index is -2.93. The predicted octanol–water partition coefficient (Wildman–Crippen LogP) is 3.42. The van der Waals surface area contributed by atoms with Crippen LogP contribution in [0.2, 0.25) is 0 Å². The Morgan fingerprint density at radius 3 is 2.75 bits per heavy atom. The number of ketones is 1. The number of hydrogen-bond acceptors (Lipinski definition) is 4. The normalized spacial score (nSPS) is 13.4. The lowest BCUT2D eigenvalue weighted by molar-refractivity contribution is -0.0512. The second-order valence-corrected chi connectivity index (χ2v) is 6.62. The average Bonchev–Trinajstić information content (AvgIpc) is 3.00. The number of carbonyl (C=O) groups is 2. The van der Waals surface area contributed by atoms with E-state index in [1.54, 1.807) is 19.1 Å². The quantitative estimate of drug-likeness (QED) is 0.757. The highest BCUT2D eigenvalue weighted by Gasteiger charge is 2.26. The fraction of sp³-hybridized carbons (Fsp3) is 0.400. The third-order valence-corrected chi connectivity index (χ3v) is 4.81. The van der Waals surface area contributed by atoms with Gasteiger partial charge in [-0.15, -0.1) is 0 Å². The number of Topliss-reactive ketones (excluding diaryl/α,β-unsaturated/α-hetero) is 1. The van der Waals surface area contributed by atoms with Gasteiger partial charge in [-0.1, -0.05) is 6.07 Å². The minimum absolute atomic E-state index is 0.0393. The SMILES string of the molecule is COc1cc(CCNC(=O)c2[nH]c3c(c2C)C(=O)CCC3)ccc1OC(F)F. The summed E-state index contributed by atoms with van der Waals surface area (Å²) in [5.74, 6) is -0.0327. The molecule has 1 heterocycles. The fourth-order valence-electron chi connectivity index (χ4n) is 3.47. The van der Waals surface area contributed by atoms with E-state index in [4.69, 9.17) is 4.74 Å². The number of aryl methyl sites for hydroxylation is 1. The van der Waals surface area contributed by atoms with Crippen molar-refractivity contribution in [3.63, 3.8) is 0 Å². The third-order valence-electron chi connectivity index (χ3n) is 4.81. The predicted molar refractivity (Wildman–Crippen MR) is 98.5 cm³/mol. The Balaban J connectivity index is 1.62. The molecule has 0 fully saturated rings. The van der Waals surface area contributed by atoms with Crippen LogP contribution in [0, 0.1) is 6.92 Å². The van der Waals surface area contributed by atoms with Gasteiger partial charge >= 0.3 is 6.61 Å². The molecule has 2 aromatic rings. The molecule has 28 heavy (non-hydrogen) atoms. The third kappa shape index (κ3) is 4.16. The molecule has 0 aliphatic heterocycles. The second kappa shape index (κ2) is 8.41. The van der Waals surface area contributed by atoms with Gasteiger partial charge in [0.2, 0.25) is 0 Å². The first-order valence-corrected chi connectivity index (χ1v) is 9.05. The van der Waals surface area contributed by atoms with Crippen molar-refractivity contribution in [2.45, 2.75) is 39.2 Å². The van der Waals surface area contributed by atoms with Crippen LogP contribution in [0.3, 0.4) is 0 Å². The highest BCUT2D eigenvalue weighted by molar-refractivity contribution is 6.04. The highest BCUT2D eigenvalue weighted by Crippen LogP contribution is 2.29. The molecule has 0 saturated heterocycles. The number of carbonyl (C=O) groups excluding carboxylic acids is 2. The van der Waals surface area contributed by atoms with Crippen molar-refractivity contribution in [2.24, 2.45) is 0 Å². The van der Waals surface area contributed by atoms with Crippen molar-refractivity contribution in [1.29, 1.82) is 0 Å². The van der Waals surface area contributed by atoms with E-state index in [2.05, 4.69) is 15.0 Å².